The van der Waals surface area contributed by atoms with Crippen molar-refractivity contribution in [2.75, 3.05) is 17.2 Å². The Hall–Kier alpha value is -3.06. The van der Waals surface area contributed by atoms with Gasteiger partial charge in [-0.05, 0) is 56.4 Å². The molecule has 1 aromatic heterocycles. The highest BCUT2D eigenvalue weighted by Gasteiger charge is 2.40. The number of rotatable bonds is 5. The Labute approximate surface area is 223 Å². The number of anilines is 1. The zero-order valence-electron chi connectivity index (χ0n) is 22.6. The minimum atomic E-state index is -0.273. The second-order valence-electron chi connectivity index (χ2n) is 11.4. The number of benzene rings is 2. The van der Waals surface area contributed by atoms with Crippen LogP contribution in [0.5, 0.6) is 0 Å². The molecule has 3 aromatic rings. The Balaban J connectivity index is 1.78. The lowest BCUT2D eigenvalue weighted by Crippen LogP contribution is -2.43. The normalized spacial score (nSPS) is 17.9. The Kier molecular flexibility index (Phi) is 6.69. The minimum absolute atomic E-state index is 0.0103. The summed E-state index contributed by atoms with van der Waals surface area (Å²) < 4.78 is 1.92. The predicted molar refractivity (Wildman–Crippen MR) is 151 cm³/mol. The Morgan fingerprint density at radius 2 is 1.81 bits per heavy atom. The number of nitrogens with one attached hydrogen (secondary N) is 1. The smallest absolute Gasteiger partial charge is 0.240 e. The summed E-state index contributed by atoms with van der Waals surface area (Å²) in [5, 5.41) is 8.21. The van der Waals surface area contributed by atoms with Gasteiger partial charge >= 0.3 is 0 Å². The maximum absolute atomic E-state index is 13.7. The average molecular weight is 517 g/mol. The second-order valence-corrected chi connectivity index (χ2v) is 12.5. The van der Waals surface area contributed by atoms with Crippen molar-refractivity contribution in [3.05, 3.63) is 76.0 Å². The van der Waals surface area contributed by atoms with Crippen LogP contribution in [0.15, 0.2) is 42.5 Å². The number of fused-ring (bicyclic) bond motifs is 1. The van der Waals surface area contributed by atoms with Crippen molar-refractivity contribution in [1.82, 2.24) is 15.1 Å². The van der Waals surface area contributed by atoms with E-state index in [2.05, 4.69) is 83.3 Å². The van der Waals surface area contributed by atoms with Crippen LogP contribution in [0.1, 0.15) is 72.4 Å². The molecule has 0 spiro atoms. The molecule has 2 heterocycles. The van der Waals surface area contributed by atoms with Gasteiger partial charge in [-0.3, -0.25) is 14.5 Å². The number of aryl methyl sites for hydroxylation is 3. The topological polar surface area (TPSA) is 67.2 Å². The van der Waals surface area contributed by atoms with Crippen LogP contribution in [0.4, 0.5) is 5.82 Å². The molecule has 2 aliphatic rings. The molecule has 1 atom stereocenters. The van der Waals surface area contributed by atoms with Gasteiger partial charge in [-0.1, -0.05) is 62.7 Å². The van der Waals surface area contributed by atoms with E-state index in [0.29, 0.717) is 11.6 Å². The number of thioether (sulfide) groups is 1. The third kappa shape index (κ3) is 5.06. The summed E-state index contributed by atoms with van der Waals surface area (Å²) >= 11 is 1.63. The third-order valence-electron chi connectivity index (χ3n) is 7.10. The average Bonchev–Trinajstić information content (AvgIpc) is 3.56. The Bertz CT molecular complexity index is 1370. The van der Waals surface area contributed by atoms with Crippen LogP contribution >= 0.6 is 11.8 Å². The number of carbonyl (C=O) groups excluding carboxylic acids is 2. The fraction of sp³-hybridized carbons (Fsp3) is 0.433. The van der Waals surface area contributed by atoms with Crippen molar-refractivity contribution in [3.63, 3.8) is 0 Å². The molecule has 1 fully saturated rings. The number of carbonyl (C=O) groups is 2. The van der Waals surface area contributed by atoms with E-state index in [1.807, 2.05) is 10.7 Å². The minimum Gasteiger partial charge on any atom is -0.352 e. The molecule has 37 heavy (non-hydrogen) atoms. The summed E-state index contributed by atoms with van der Waals surface area (Å²) in [6.45, 7) is 12.8. The highest BCUT2D eigenvalue weighted by Crippen LogP contribution is 2.49. The highest BCUT2D eigenvalue weighted by atomic mass is 32.2. The summed E-state index contributed by atoms with van der Waals surface area (Å²) in [5.41, 5.74) is 7.22. The van der Waals surface area contributed by atoms with Gasteiger partial charge in [0.05, 0.1) is 22.4 Å². The summed E-state index contributed by atoms with van der Waals surface area (Å²) in [6, 6.07) is 14.9. The van der Waals surface area contributed by atoms with Crippen molar-refractivity contribution in [3.8, 4) is 5.69 Å². The zero-order chi connectivity index (χ0) is 26.5. The predicted octanol–water partition coefficient (Wildman–Crippen LogP) is 5.54. The molecule has 1 N–H and O–H groups in total. The molecule has 1 aliphatic carbocycles. The molecule has 0 bridgehead atoms. The van der Waals surface area contributed by atoms with Crippen LogP contribution in [-0.4, -0.2) is 39.9 Å². The van der Waals surface area contributed by atoms with Crippen LogP contribution in [0.25, 0.3) is 5.69 Å². The van der Waals surface area contributed by atoms with Crippen LogP contribution in [0.3, 0.4) is 0 Å². The maximum atomic E-state index is 13.7. The molecule has 6 nitrogen and oxygen atoms in total. The lowest BCUT2D eigenvalue weighted by Gasteiger charge is -2.25. The number of hydrogen-bond acceptors (Lipinski definition) is 4. The fourth-order valence-electron chi connectivity index (χ4n) is 5.06. The molecule has 1 aliphatic heterocycles. The van der Waals surface area contributed by atoms with Gasteiger partial charge < -0.3 is 5.32 Å². The van der Waals surface area contributed by atoms with E-state index in [-0.39, 0.29) is 35.1 Å². The summed E-state index contributed by atoms with van der Waals surface area (Å²) in [4.78, 5) is 28.5. The number of amides is 2. The van der Waals surface area contributed by atoms with E-state index < -0.39 is 0 Å². The largest absolute Gasteiger partial charge is 0.352 e. The fourth-order valence-corrected chi connectivity index (χ4v) is 6.35. The van der Waals surface area contributed by atoms with Gasteiger partial charge in [0.1, 0.15) is 12.4 Å². The van der Waals surface area contributed by atoms with E-state index in [4.69, 9.17) is 5.10 Å². The number of hydrogen-bond donors (Lipinski definition) is 1. The lowest BCUT2D eigenvalue weighted by molar-refractivity contribution is -0.123. The summed E-state index contributed by atoms with van der Waals surface area (Å²) in [5.74, 6) is 0.818. The molecule has 194 valence electrons. The van der Waals surface area contributed by atoms with Crippen molar-refractivity contribution in [2.24, 2.45) is 0 Å². The molecule has 2 amide bonds. The van der Waals surface area contributed by atoms with Crippen molar-refractivity contribution in [1.29, 1.82) is 0 Å². The molecule has 1 saturated carbocycles. The standard InChI is InChI=1S/C30H36N4O2S/c1-18-11-14-23(20(3)15-18)34-29-26(28(32-34)30(4,5)6)27(22-10-8-7-9-19(22)2)37-17-25(36)33(29)16-24(35)31-21-12-13-21/h7-11,14-15,21,27H,12-13,16-17H2,1-6H3,(H,31,35)/t27-/m0/s1. The van der Waals surface area contributed by atoms with Gasteiger partial charge in [0, 0.05) is 17.0 Å². The Morgan fingerprint density at radius 3 is 2.46 bits per heavy atom. The van der Waals surface area contributed by atoms with E-state index in [9.17, 15) is 9.59 Å². The van der Waals surface area contributed by atoms with Gasteiger partial charge in [0.15, 0.2) is 0 Å². The SMILES string of the molecule is Cc1ccc(-n2nc(C(C)(C)C)c3c2N(CC(=O)NC2CC2)C(=O)CS[C@H]3c2ccccc2C)c(C)c1. The summed E-state index contributed by atoms with van der Waals surface area (Å²) in [6.07, 6.45) is 2.01. The van der Waals surface area contributed by atoms with Crippen LogP contribution in [0, 0.1) is 20.8 Å². The monoisotopic (exact) mass is 516 g/mol. The second kappa shape index (κ2) is 9.67. The van der Waals surface area contributed by atoms with E-state index in [1.54, 1.807) is 16.7 Å². The van der Waals surface area contributed by atoms with E-state index in [1.165, 1.54) is 16.7 Å². The van der Waals surface area contributed by atoms with Crippen molar-refractivity contribution in [2.45, 2.75) is 71.1 Å². The van der Waals surface area contributed by atoms with Gasteiger partial charge in [-0.15, -0.1) is 11.8 Å². The van der Waals surface area contributed by atoms with Gasteiger partial charge in [0.2, 0.25) is 11.8 Å². The van der Waals surface area contributed by atoms with E-state index in [0.717, 1.165) is 35.3 Å². The molecule has 0 saturated heterocycles. The summed E-state index contributed by atoms with van der Waals surface area (Å²) in [7, 11) is 0. The Morgan fingerprint density at radius 1 is 1.08 bits per heavy atom. The maximum Gasteiger partial charge on any atom is 0.240 e. The molecular formula is C30H36N4O2S. The molecule has 5 rings (SSSR count). The lowest BCUT2D eigenvalue weighted by atomic mass is 9.86. The highest BCUT2D eigenvalue weighted by molar-refractivity contribution is 8.00. The zero-order valence-corrected chi connectivity index (χ0v) is 23.4. The molecule has 2 aromatic carbocycles. The van der Waals surface area contributed by atoms with Crippen molar-refractivity contribution >= 4 is 29.4 Å². The molecule has 0 unspecified atom stereocenters. The first-order valence-corrected chi connectivity index (χ1v) is 14.1. The first-order valence-electron chi connectivity index (χ1n) is 13.0. The number of nitrogens with zero attached hydrogens (tertiary/aromatic N) is 3. The van der Waals surface area contributed by atoms with Crippen LogP contribution in [0.2, 0.25) is 0 Å². The third-order valence-corrected chi connectivity index (χ3v) is 8.33. The van der Waals surface area contributed by atoms with Crippen molar-refractivity contribution < 1.29 is 9.59 Å². The van der Waals surface area contributed by atoms with Gasteiger partial charge in [-0.2, -0.15) is 5.10 Å². The first kappa shape index (κ1) is 25.6. The quantitative estimate of drug-likeness (QED) is 0.483. The molecule has 7 heteroatoms. The molecule has 0 radical (unpaired) electrons. The molecular weight excluding hydrogens is 480 g/mol. The van der Waals surface area contributed by atoms with Crippen LogP contribution in [-0.2, 0) is 15.0 Å². The first-order chi connectivity index (χ1) is 17.5. The van der Waals surface area contributed by atoms with Gasteiger partial charge in [-0.25, -0.2) is 4.68 Å². The number of aromatic nitrogens is 2. The van der Waals surface area contributed by atoms with Gasteiger partial charge in [0.25, 0.3) is 0 Å². The van der Waals surface area contributed by atoms with Crippen LogP contribution < -0.4 is 10.2 Å². The van der Waals surface area contributed by atoms with E-state index >= 15 is 0 Å².